The van der Waals surface area contributed by atoms with Gasteiger partial charge >= 0.3 is 32.5 Å². The van der Waals surface area contributed by atoms with Crippen molar-refractivity contribution in [3.05, 3.63) is 0 Å². The van der Waals surface area contributed by atoms with Crippen LogP contribution in [0.4, 0.5) is 35.1 Å². The van der Waals surface area contributed by atoms with E-state index in [1.807, 2.05) is 0 Å². The molecule has 0 fully saturated rings. The number of alkyl halides is 8. The predicted octanol–water partition coefficient (Wildman–Crippen LogP) is 4.32. The lowest BCUT2D eigenvalue weighted by Crippen LogP contribution is -2.33. The summed E-state index contributed by atoms with van der Waals surface area (Å²) in [4.78, 5) is 8.56. The van der Waals surface area contributed by atoms with Crippen LogP contribution in [0.2, 0.25) is 0 Å². The van der Waals surface area contributed by atoms with Gasteiger partial charge in [-0.15, -0.1) is 0 Å². The van der Waals surface area contributed by atoms with Gasteiger partial charge < -0.3 is 10.2 Å². The van der Waals surface area contributed by atoms with Crippen molar-refractivity contribution in [2.24, 2.45) is 0 Å². The van der Waals surface area contributed by atoms with Crippen LogP contribution in [0.25, 0.3) is 0 Å². The number of phosphoric ester groups is 1. The van der Waals surface area contributed by atoms with Crippen LogP contribution in [0.1, 0.15) is 26.7 Å². The van der Waals surface area contributed by atoms with Crippen molar-refractivity contribution in [3.8, 4) is 0 Å². The smallest absolute Gasteiger partial charge is 0.317 e. The zero-order chi connectivity index (χ0) is 21.0. The van der Waals surface area contributed by atoms with Crippen molar-refractivity contribution in [2.45, 2.75) is 51.4 Å². The zero-order valence-corrected chi connectivity index (χ0v) is 14.9. The zero-order valence-electron chi connectivity index (χ0n) is 14.0. The number of phosphoric acid groups is 1. The van der Waals surface area contributed by atoms with E-state index in [9.17, 15) is 39.7 Å². The van der Waals surface area contributed by atoms with Gasteiger partial charge in [-0.3, -0.25) is 9.05 Å². The molecule has 0 radical (unpaired) electrons. The molecular formula is C12H22F8NO4P. The van der Waals surface area contributed by atoms with E-state index < -0.39 is 45.7 Å². The maximum atomic E-state index is 12.2. The fourth-order valence-corrected chi connectivity index (χ4v) is 1.72. The molecule has 0 unspecified atom stereocenters. The minimum atomic E-state index is -5.59. The lowest BCUT2D eigenvalue weighted by atomic mass is 10.4. The molecule has 0 aromatic carbocycles. The largest absolute Gasteiger partial charge is 0.472 e. The SMILES string of the molecule is CCCNCCC.O=P(O)(OCC(F)(F)C(F)F)OCC(F)(F)C(F)F. The van der Waals surface area contributed by atoms with Crippen LogP contribution < -0.4 is 5.32 Å². The van der Waals surface area contributed by atoms with E-state index >= 15 is 0 Å². The van der Waals surface area contributed by atoms with E-state index in [-0.39, 0.29) is 0 Å². The third kappa shape index (κ3) is 13.7. The standard InChI is InChI=1S/C6H7F8O4P.C6H15N/c7-3(8)5(11,12)1-17-19(15,16)18-2-6(13,14)4(9)10;1-3-5-7-6-4-2/h3-4H,1-2H2,(H,15,16);7H,3-6H2,1-2H3. The first-order valence-corrected chi connectivity index (χ1v) is 8.86. The summed E-state index contributed by atoms with van der Waals surface area (Å²) in [6.07, 6.45) is -5.98. The number of hydrogen-bond acceptors (Lipinski definition) is 4. The second-order valence-electron chi connectivity index (χ2n) is 4.89. The third-order valence-corrected chi connectivity index (χ3v) is 3.24. The Kier molecular flexibility index (Phi) is 13.7. The van der Waals surface area contributed by atoms with E-state index in [0.717, 1.165) is 0 Å². The van der Waals surface area contributed by atoms with Crippen LogP contribution in [-0.2, 0) is 13.6 Å². The van der Waals surface area contributed by atoms with Gasteiger partial charge in [0.1, 0.15) is 13.2 Å². The summed E-state index contributed by atoms with van der Waals surface area (Å²) >= 11 is 0. The van der Waals surface area contributed by atoms with E-state index in [1.54, 1.807) is 0 Å². The average molecular weight is 427 g/mol. The summed E-state index contributed by atoms with van der Waals surface area (Å²) in [5, 5.41) is 3.28. The molecule has 0 heterocycles. The molecule has 0 saturated heterocycles. The number of halogens is 8. The summed E-state index contributed by atoms with van der Waals surface area (Å²) in [6, 6.07) is 0. The maximum Gasteiger partial charge on any atom is 0.472 e. The van der Waals surface area contributed by atoms with Gasteiger partial charge in [0, 0.05) is 0 Å². The molecule has 0 aliphatic rings. The van der Waals surface area contributed by atoms with Crippen molar-refractivity contribution < 1.29 is 53.6 Å². The summed E-state index contributed by atoms with van der Waals surface area (Å²) in [6.45, 7) is 2.10. The van der Waals surface area contributed by atoms with Gasteiger partial charge in [0.05, 0.1) is 0 Å². The lowest BCUT2D eigenvalue weighted by Gasteiger charge is -2.20. The van der Waals surface area contributed by atoms with Crippen molar-refractivity contribution in [3.63, 3.8) is 0 Å². The third-order valence-electron chi connectivity index (χ3n) is 2.33. The van der Waals surface area contributed by atoms with Crippen LogP contribution in [0.5, 0.6) is 0 Å². The Hall–Kier alpha value is -0.490. The summed E-state index contributed by atoms with van der Waals surface area (Å²) in [5.41, 5.74) is 0. The first-order valence-electron chi connectivity index (χ1n) is 7.36. The number of hydrogen-bond donors (Lipinski definition) is 2. The first-order chi connectivity index (χ1) is 11.7. The average Bonchev–Trinajstić information content (AvgIpc) is 2.52. The second kappa shape index (κ2) is 12.8. The summed E-state index contributed by atoms with van der Waals surface area (Å²) < 4.78 is 113. The quantitative estimate of drug-likeness (QED) is 0.276. The number of rotatable bonds is 12. The van der Waals surface area contributed by atoms with Crippen molar-refractivity contribution in [2.75, 3.05) is 26.3 Å². The van der Waals surface area contributed by atoms with Crippen molar-refractivity contribution in [1.29, 1.82) is 0 Å². The van der Waals surface area contributed by atoms with E-state index in [4.69, 9.17) is 4.89 Å². The molecule has 5 nitrogen and oxygen atoms in total. The highest BCUT2D eigenvalue weighted by Gasteiger charge is 2.46. The first kappa shape index (κ1) is 27.7. The Bertz CT molecular complexity index is 383. The Morgan fingerprint density at radius 1 is 0.885 bits per heavy atom. The molecule has 26 heavy (non-hydrogen) atoms. The molecule has 0 spiro atoms. The fourth-order valence-electron chi connectivity index (χ4n) is 0.977. The molecule has 0 saturated carbocycles. The van der Waals surface area contributed by atoms with Gasteiger partial charge in [0.25, 0.3) is 0 Å². The molecule has 0 rings (SSSR count). The highest BCUT2D eigenvalue weighted by Crippen LogP contribution is 2.46. The highest BCUT2D eigenvalue weighted by molar-refractivity contribution is 7.47. The van der Waals surface area contributed by atoms with Gasteiger partial charge in [0.15, 0.2) is 0 Å². The minimum Gasteiger partial charge on any atom is -0.317 e. The molecule has 0 aromatic rings. The van der Waals surface area contributed by atoms with E-state index in [0.29, 0.717) is 0 Å². The monoisotopic (exact) mass is 427 g/mol. The highest BCUT2D eigenvalue weighted by atomic mass is 31.2. The Morgan fingerprint density at radius 2 is 1.19 bits per heavy atom. The van der Waals surface area contributed by atoms with E-state index in [1.165, 1.54) is 25.9 Å². The van der Waals surface area contributed by atoms with Crippen LogP contribution in [0.15, 0.2) is 0 Å². The van der Waals surface area contributed by atoms with Gasteiger partial charge in [-0.25, -0.2) is 22.1 Å². The van der Waals surface area contributed by atoms with Gasteiger partial charge in [0.2, 0.25) is 0 Å². The topological polar surface area (TPSA) is 67.8 Å². The van der Waals surface area contributed by atoms with E-state index in [2.05, 4.69) is 28.2 Å². The van der Waals surface area contributed by atoms with Crippen LogP contribution >= 0.6 is 7.82 Å². The summed E-state index contributed by atoms with van der Waals surface area (Å²) in [7, 11) is -5.59. The molecule has 0 bridgehead atoms. The molecule has 160 valence electrons. The minimum absolute atomic E-state index is 1.17. The van der Waals surface area contributed by atoms with Crippen LogP contribution in [-0.4, -0.2) is 55.9 Å². The van der Waals surface area contributed by atoms with Gasteiger partial charge in [-0.2, -0.15) is 17.6 Å². The molecule has 0 aromatic heterocycles. The Labute approximate surface area is 145 Å². The summed E-state index contributed by atoms with van der Waals surface area (Å²) in [5.74, 6) is -9.65. The van der Waals surface area contributed by atoms with Gasteiger partial charge in [-0.1, -0.05) is 13.8 Å². The predicted molar refractivity (Wildman–Crippen MR) is 77.1 cm³/mol. The molecule has 0 aliphatic carbocycles. The normalized spacial score (nSPS) is 13.1. The Morgan fingerprint density at radius 3 is 1.42 bits per heavy atom. The van der Waals surface area contributed by atoms with Crippen LogP contribution in [0.3, 0.4) is 0 Å². The molecular weight excluding hydrogens is 405 g/mol. The Balaban J connectivity index is 0. The van der Waals surface area contributed by atoms with Crippen molar-refractivity contribution in [1.82, 2.24) is 5.32 Å². The fraction of sp³-hybridized carbons (Fsp3) is 1.00. The number of nitrogens with one attached hydrogen (secondary N) is 1. The molecule has 2 N–H and O–H groups in total. The molecule has 0 aliphatic heterocycles. The van der Waals surface area contributed by atoms with Crippen LogP contribution in [0, 0.1) is 0 Å². The molecule has 14 heteroatoms. The molecule has 0 amide bonds. The van der Waals surface area contributed by atoms with Gasteiger partial charge in [-0.05, 0) is 25.9 Å². The maximum absolute atomic E-state index is 12.2. The lowest BCUT2D eigenvalue weighted by molar-refractivity contribution is -0.161. The molecule has 0 atom stereocenters. The van der Waals surface area contributed by atoms with Crippen molar-refractivity contribution >= 4 is 7.82 Å². The second-order valence-corrected chi connectivity index (χ2v) is 6.34.